The fourth-order valence-corrected chi connectivity index (χ4v) is 1.39. The second-order valence-electron chi connectivity index (χ2n) is 3.35. The van der Waals surface area contributed by atoms with E-state index in [-0.39, 0.29) is 5.69 Å². The molecule has 4 nitrogen and oxygen atoms in total. The lowest BCUT2D eigenvalue weighted by molar-refractivity contribution is -0.384. The van der Waals surface area contributed by atoms with Crippen molar-refractivity contribution < 1.29 is 9.31 Å². The molecule has 0 bridgehead atoms. The molecule has 0 aromatic heterocycles. The molecule has 0 saturated carbocycles. The van der Waals surface area contributed by atoms with Crippen LogP contribution in [-0.4, -0.2) is 23.0 Å². The van der Waals surface area contributed by atoms with E-state index in [1.807, 2.05) is 13.2 Å². The fraction of sp³-hybridized carbons (Fsp3) is 0.400. The van der Waals surface area contributed by atoms with Crippen LogP contribution in [0.25, 0.3) is 0 Å². The number of anilines is 1. The second-order valence-corrected chi connectivity index (χ2v) is 4.62. The maximum atomic E-state index is 12.8. The van der Waals surface area contributed by atoms with Crippen LogP contribution in [0.5, 0.6) is 0 Å². The Hall–Kier alpha value is -1.30. The minimum Gasteiger partial charge on any atom is -0.378 e. The van der Waals surface area contributed by atoms with Crippen LogP contribution in [0, 0.1) is 15.9 Å². The Morgan fingerprint density at radius 2 is 2.31 bits per heavy atom. The summed E-state index contributed by atoms with van der Waals surface area (Å²) in [5.74, 6) is -0.602. The Morgan fingerprint density at radius 1 is 1.62 bits per heavy atom. The highest BCUT2D eigenvalue weighted by molar-refractivity contribution is 7.99. The molecule has 0 amide bonds. The number of rotatable bonds is 5. The van der Waals surface area contributed by atoms with E-state index in [0.717, 1.165) is 6.07 Å². The van der Waals surface area contributed by atoms with Gasteiger partial charge in [-0.1, -0.05) is 6.92 Å². The normalized spacial score (nSPS) is 12.2. The van der Waals surface area contributed by atoms with E-state index >= 15 is 0 Å². The number of nitro groups is 1. The van der Waals surface area contributed by atoms with E-state index in [1.54, 1.807) is 11.8 Å². The molecule has 0 spiro atoms. The summed E-state index contributed by atoms with van der Waals surface area (Å²) in [6.45, 7) is 2.61. The van der Waals surface area contributed by atoms with Gasteiger partial charge >= 0.3 is 0 Å². The molecule has 0 saturated heterocycles. The summed E-state index contributed by atoms with van der Waals surface area (Å²) >= 11 is 1.65. The second kappa shape index (κ2) is 5.69. The van der Waals surface area contributed by atoms with Gasteiger partial charge in [0.1, 0.15) is 11.5 Å². The average Bonchev–Trinajstić information content (AvgIpc) is 2.26. The first-order valence-corrected chi connectivity index (χ1v) is 6.04. The van der Waals surface area contributed by atoms with Crippen LogP contribution in [0.4, 0.5) is 15.8 Å². The molecule has 0 aliphatic heterocycles. The van der Waals surface area contributed by atoms with Crippen molar-refractivity contribution in [3.63, 3.8) is 0 Å². The summed E-state index contributed by atoms with van der Waals surface area (Å²) in [6, 6.07) is 3.52. The highest BCUT2D eigenvalue weighted by atomic mass is 32.2. The molecule has 88 valence electrons. The largest absolute Gasteiger partial charge is 0.378 e. The van der Waals surface area contributed by atoms with Gasteiger partial charge < -0.3 is 5.32 Å². The predicted molar refractivity (Wildman–Crippen MR) is 64.5 cm³/mol. The Labute approximate surface area is 97.4 Å². The maximum absolute atomic E-state index is 12.8. The average molecular weight is 244 g/mol. The molecule has 16 heavy (non-hydrogen) atoms. The van der Waals surface area contributed by atoms with Crippen molar-refractivity contribution in [1.82, 2.24) is 0 Å². The molecule has 1 aromatic carbocycles. The molecule has 0 heterocycles. The number of nitro benzene ring substituents is 1. The van der Waals surface area contributed by atoms with E-state index in [4.69, 9.17) is 0 Å². The number of nitrogens with zero attached hydrogens (tertiary/aromatic N) is 1. The minimum atomic E-state index is -0.602. The molecule has 6 heteroatoms. The highest BCUT2D eigenvalue weighted by Gasteiger charge is 2.14. The van der Waals surface area contributed by atoms with Crippen molar-refractivity contribution in [1.29, 1.82) is 0 Å². The van der Waals surface area contributed by atoms with Gasteiger partial charge in [0.2, 0.25) is 0 Å². The first kappa shape index (κ1) is 12.8. The first-order chi connectivity index (χ1) is 7.54. The smallest absolute Gasteiger partial charge is 0.295 e. The van der Waals surface area contributed by atoms with Crippen molar-refractivity contribution >= 4 is 23.1 Å². The third-order valence-electron chi connectivity index (χ3n) is 2.14. The Kier molecular flexibility index (Phi) is 4.54. The summed E-state index contributed by atoms with van der Waals surface area (Å²) in [6.07, 6.45) is 1.96. The lowest BCUT2D eigenvalue weighted by atomic mass is 10.2. The van der Waals surface area contributed by atoms with Crippen LogP contribution in [0.1, 0.15) is 6.92 Å². The van der Waals surface area contributed by atoms with Gasteiger partial charge in [0.25, 0.3) is 5.69 Å². The van der Waals surface area contributed by atoms with E-state index < -0.39 is 10.7 Å². The third-order valence-corrected chi connectivity index (χ3v) is 3.11. The molecular formula is C10H13FN2O2S. The number of halogens is 1. The van der Waals surface area contributed by atoms with Gasteiger partial charge in [-0.3, -0.25) is 10.1 Å². The van der Waals surface area contributed by atoms with Crippen LogP contribution in [-0.2, 0) is 0 Å². The standard InChI is InChI=1S/C10H13FN2O2S/c1-7(16-2)6-12-9-4-3-8(11)5-10(9)13(14)15/h3-5,7,12H,6H2,1-2H3. The van der Waals surface area contributed by atoms with Crippen molar-refractivity contribution in [3.8, 4) is 0 Å². The van der Waals surface area contributed by atoms with E-state index in [9.17, 15) is 14.5 Å². The monoisotopic (exact) mass is 244 g/mol. The van der Waals surface area contributed by atoms with Gasteiger partial charge in [-0.05, 0) is 18.4 Å². The molecule has 1 rings (SSSR count). The van der Waals surface area contributed by atoms with Gasteiger partial charge in [0.05, 0.1) is 11.0 Å². The fourth-order valence-electron chi connectivity index (χ4n) is 1.14. The number of nitrogens with one attached hydrogen (secondary N) is 1. The van der Waals surface area contributed by atoms with Crippen molar-refractivity contribution in [3.05, 3.63) is 34.1 Å². The number of thioether (sulfide) groups is 1. The lowest BCUT2D eigenvalue weighted by Crippen LogP contribution is -2.13. The zero-order valence-corrected chi connectivity index (χ0v) is 9.88. The van der Waals surface area contributed by atoms with Crippen LogP contribution in [0.3, 0.4) is 0 Å². The number of benzene rings is 1. The van der Waals surface area contributed by atoms with Crippen molar-refractivity contribution in [2.75, 3.05) is 18.1 Å². The topological polar surface area (TPSA) is 55.2 Å². The molecule has 1 N–H and O–H groups in total. The molecule has 0 radical (unpaired) electrons. The molecule has 1 unspecified atom stereocenters. The Morgan fingerprint density at radius 3 is 2.88 bits per heavy atom. The number of hydrogen-bond donors (Lipinski definition) is 1. The highest BCUT2D eigenvalue weighted by Crippen LogP contribution is 2.25. The SMILES string of the molecule is CSC(C)CNc1ccc(F)cc1[N+](=O)[O-]. The summed E-state index contributed by atoms with van der Waals surface area (Å²) in [5, 5.41) is 14.0. The Balaban J connectivity index is 2.82. The third kappa shape index (κ3) is 3.37. The van der Waals surface area contributed by atoms with E-state index in [2.05, 4.69) is 5.32 Å². The molecule has 1 aromatic rings. The molecule has 0 fully saturated rings. The summed E-state index contributed by atoms with van der Waals surface area (Å²) in [5.41, 5.74) is 0.126. The van der Waals surface area contributed by atoms with Crippen LogP contribution in [0.15, 0.2) is 18.2 Å². The first-order valence-electron chi connectivity index (χ1n) is 4.75. The van der Waals surface area contributed by atoms with Gasteiger partial charge in [0.15, 0.2) is 0 Å². The van der Waals surface area contributed by atoms with Crippen molar-refractivity contribution in [2.24, 2.45) is 0 Å². The Bertz CT molecular complexity index is 387. The summed E-state index contributed by atoms with van der Waals surface area (Å²) < 4.78 is 12.8. The summed E-state index contributed by atoms with van der Waals surface area (Å²) in [4.78, 5) is 10.1. The molecule has 0 aliphatic carbocycles. The predicted octanol–water partition coefficient (Wildman–Crippen LogP) is 2.90. The van der Waals surface area contributed by atoms with Crippen molar-refractivity contribution in [2.45, 2.75) is 12.2 Å². The maximum Gasteiger partial charge on any atom is 0.295 e. The summed E-state index contributed by atoms with van der Waals surface area (Å²) in [7, 11) is 0. The van der Waals surface area contributed by atoms with Gasteiger partial charge in [-0.25, -0.2) is 4.39 Å². The van der Waals surface area contributed by atoms with E-state index in [0.29, 0.717) is 17.5 Å². The van der Waals surface area contributed by atoms with Crippen LogP contribution < -0.4 is 5.32 Å². The van der Waals surface area contributed by atoms with Gasteiger partial charge in [0, 0.05) is 11.8 Å². The minimum absolute atomic E-state index is 0.228. The zero-order valence-electron chi connectivity index (χ0n) is 9.07. The molecule has 0 aliphatic rings. The molecule has 1 atom stereocenters. The van der Waals surface area contributed by atoms with Gasteiger partial charge in [-0.15, -0.1) is 0 Å². The molecular weight excluding hydrogens is 231 g/mol. The van der Waals surface area contributed by atoms with Crippen LogP contribution >= 0.6 is 11.8 Å². The lowest BCUT2D eigenvalue weighted by Gasteiger charge is -2.11. The van der Waals surface area contributed by atoms with Crippen LogP contribution in [0.2, 0.25) is 0 Å². The van der Waals surface area contributed by atoms with E-state index in [1.165, 1.54) is 12.1 Å². The quantitative estimate of drug-likeness (QED) is 0.639. The van der Waals surface area contributed by atoms with Gasteiger partial charge in [-0.2, -0.15) is 11.8 Å². The number of hydrogen-bond acceptors (Lipinski definition) is 4. The zero-order chi connectivity index (χ0) is 12.1.